The Bertz CT molecular complexity index is 364. The van der Waals surface area contributed by atoms with Crippen molar-refractivity contribution in [1.29, 1.82) is 0 Å². The van der Waals surface area contributed by atoms with E-state index < -0.39 is 0 Å². The van der Waals surface area contributed by atoms with Crippen molar-refractivity contribution in [2.75, 3.05) is 13.0 Å². The molecule has 0 radical (unpaired) electrons. The van der Waals surface area contributed by atoms with E-state index in [0.717, 1.165) is 17.7 Å². The summed E-state index contributed by atoms with van der Waals surface area (Å²) in [6.07, 6.45) is 1.15. The molecule has 0 fully saturated rings. The maximum atomic E-state index is 11.8. The third kappa shape index (κ3) is 4.27. The number of para-hydroxylation sites is 1. The molecular weight excluding hydrogens is 238 g/mol. The predicted octanol–water partition coefficient (Wildman–Crippen LogP) is 2.37. The van der Waals surface area contributed by atoms with Gasteiger partial charge in [-0.15, -0.1) is 11.6 Å². The number of amides is 1. The lowest BCUT2D eigenvalue weighted by Crippen LogP contribution is -2.36. The van der Waals surface area contributed by atoms with Crippen LogP contribution in [0.2, 0.25) is 0 Å². The van der Waals surface area contributed by atoms with Crippen LogP contribution in [0.1, 0.15) is 18.9 Å². The van der Waals surface area contributed by atoms with E-state index in [1.807, 2.05) is 31.2 Å². The Labute approximate surface area is 107 Å². The molecule has 1 atom stereocenters. The van der Waals surface area contributed by atoms with Crippen molar-refractivity contribution in [1.82, 2.24) is 5.32 Å². The number of alkyl halides is 1. The average Bonchev–Trinajstić information content (AvgIpc) is 2.36. The third-order valence-corrected chi connectivity index (χ3v) is 2.96. The number of hydrogen-bond acceptors (Lipinski definition) is 2. The van der Waals surface area contributed by atoms with E-state index in [0.29, 0.717) is 12.3 Å². The van der Waals surface area contributed by atoms with Crippen LogP contribution >= 0.6 is 11.6 Å². The molecule has 4 heteroatoms. The van der Waals surface area contributed by atoms with Crippen LogP contribution in [-0.2, 0) is 11.2 Å². The number of hydrogen-bond donors (Lipinski definition) is 1. The van der Waals surface area contributed by atoms with E-state index in [2.05, 4.69) is 5.32 Å². The Morgan fingerprint density at radius 2 is 2.18 bits per heavy atom. The van der Waals surface area contributed by atoms with E-state index in [-0.39, 0.29) is 11.9 Å². The van der Waals surface area contributed by atoms with E-state index in [4.69, 9.17) is 16.3 Å². The SMILES string of the molecule is CCC(CCl)NC(=O)Cc1ccccc1OC. The molecule has 0 spiro atoms. The van der Waals surface area contributed by atoms with Crippen molar-refractivity contribution < 1.29 is 9.53 Å². The van der Waals surface area contributed by atoms with Crippen molar-refractivity contribution in [2.45, 2.75) is 25.8 Å². The fourth-order valence-electron chi connectivity index (χ4n) is 1.55. The van der Waals surface area contributed by atoms with E-state index in [1.165, 1.54) is 0 Å². The Hall–Kier alpha value is -1.22. The summed E-state index contributed by atoms with van der Waals surface area (Å²) in [5, 5.41) is 2.89. The standard InChI is InChI=1S/C13H18ClNO2/c1-3-11(9-14)15-13(16)8-10-6-4-5-7-12(10)17-2/h4-7,11H,3,8-9H2,1-2H3,(H,15,16). The van der Waals surface area contributed by atoms with Crippen molar-refractivity contribution in [3.63, 3.8) is 0 Å². The van der Waals surface area contributed by atoms with Crippen molar-refractivity contribution in [2.24, 2.45) is 0 Å². The summed E-state index contributed by atoms with van der Waals surface area (Å²) < 4.78 is 5.20. The zero-order valence-corrected chi connectivity index (χ0v) is 11.0. The highest BCUT2D eigenvalue weighted by molar-refractivity contribution is 6.18. The van der Waals surface area contributed by atoms with Gasteiger partial charge in [-0.25, -0.2) is 0 Å². The molecule has 1 aromatic carbocycles. The normalized spacial score (nSPS) is 11.9. The molecule has 1 amide bonds. The summed E-state index contributed by atoms with van der Waals surface area (Å²) in [6.45, 7) is 2.00. The average molecular weight is 256 g/mol. The summed E-state index contributed by atoms with van der Waals surface area (Å²) in [5.74, 6) is 1.15. The molecule has 0 aliphatic heterocycles. The van der Waals surface area contributed by atoms with Gasteiger partial charge in [0.25, 0.3) is 0 Å². The number of carbonyl (C=O) groups excluding carboxylic acids is 1. The number of nitrogens with one attached hydrogen (secondary N) is 1. The zero-order valence-electron chi connectivity index (χ0n) is 10.2. The first-order chi connectivity index (χ1) is 8.21. The van der Waals surface area contributed by atoms with Gasteiger partial charge >= 0.3 is 0 Å². The Kier molecular flexibility index (Phi) is 5.84. The predicted molar refractivity (Wildman–Crippen MR) is 69.6 cm³/mol. The van der Waals surface area contributed by atoms with Crippen molar-refractivity contribution >= 4 is 17.5 Å². The van der Waals surface area contributed by atoms with Crippen LogP contribution in [-0.4, -0.2) is 24.9 Å². The second kappa shape index (κ2) is 7.17. The fourth-order valence-corrected chi connectivity index (χ4v) is 1.85. The van der Waals surface area contributed by atoms with Crippen LogP contribution in [0, 0.1) is 0 Å². The van der Waals surface area contributed by atoms with E-state index >= 15 is 0 Å². The number of carbonyl (C=O) groups is 1. The monoisotopic (exact) mass is 255 g/mol. The third-order valence-electron chi connectivity index (χ3n) is 2.59. The zero-order chi connectivity index (χ0) is 12.7. The van der Waals surface area contributed by atoms with Crippen LogP contribution in [0.25, 0.3) is 0 Å². The molecule has 0 heterocycles. The molecule has 0 aliphatic carbocycles. The lowest BCUT2D eigenvalue weighted by atomic mass is 10.1. The second-order valence-corrected chi connectivity index (χ2v) is 4.12. The largest absolute Gasteiger partial charge is 0.496 e. The first kappa shape index (κ1) is 13.8. The maximum Gasteiger partial charge on any atom is 0.224 e. The van der Waals surface area contributed by atoms with Gasteiger partial charge in [0.15, 0.2) is 0 Å². The molecule has 1 rings (SSSR count). The van der Waals surface area contributed by atoms with E-state index in [1.54, 1.807) is 7.11 Å². The molecule has 1 N–H and O–H groups in total. The topological polar surface area (TPSA) is 38.3 Å². The minimum Gasteiger partial charge on any atom is -0.496 e. The fraction of sp³-hybridized carbons (Fsp3) is 0.462. The molecule has 17 heavy (non-hydrogen) atoms. The van der Waals surface area contributed by atoms with Gasteiger partial charge in [0.1, 0.15) is 5.75 Å². The molecule has 94 valence electrons. The lowest BCUT2D eigenvalue weighted by molar-refractivity contribution is -0.121. The van der Waals surface area contributed by atoms with Crippen LogP contribution < -0.4 is 10.1 Å². The highest BCUT2D eigenvalue weighted by Gasteiger charge is 2.11. The molecular formula is C13H18ClNO2. The van der Waals surface area contributed by atoms with Gasteiger partial charge in [0, 0.05) is 17.5 Å². The molecule has 0 bridgehead atoms. The summed E-state index contributed by atoms with van der Waals surface area (Å²) in [5.41, 5.74) is 0.886. The molecule has 1 unspecified atom stereocenters. The van der Waals surface area contributed by atoms with Crippen LogP contribution in [0.4, 0.5) is 0 Å². The molecule has 0 saturated carbocycles. The molecule has 0 saturated heterocycles. The van der Waals surface area contributed by atoms with Gasteiger partial charge in [-0.1, -0.05) is 25.1 Å². The Balaban J connectivity index is 2.61. The number of benzene rings is 1. The van der Waals surface area contributed by atoms with Crippen molar-refractivity contribution in [3.8, 4) is 5.75 Å². The summed E-state index contributed by atoms with van der Waals surface area (Å²) in [7, 11) is 1.60. The number of halogens is 1. The summed E-state index contributed by atoms with van der Waals surface area (Å²) in [6, 6.07) is 7.55. The smallest absolute Gasteiger partial charge is 0.224 e. The maximum absolute atomic E-state index is 11.8. The van der Waals surface area contributed by atoms with Crippen LogP contribution in [0.5, 0.6) is 5.75 Å². The number of rotatable bonds is 6. The summed E-state index contributed by atoms with van der Waals surface area (Å²) in [4.78, 5) is 11.8. The second-order valence-electron chi connectivity index (χ2n) is 3.82. The highest BCUT2D eigenvalue weighted by atomic mass is 35.5. The Morgan fingerprint density at radius 3 is 2.76 bits per heavy atom. The first-order valence-corrected chi connectivity index (χ1v) is 6.22. The highest BCUT2D eigenvalue weighted by Crippen LogP contribution is 2.17. The van der Waals surface area contributed by atoms with Crippen molar-refractivity contribution in [3.05, 3.63) is 29.8 Å². The van der Waals surface area contributed by atoms with Gasteiger partial charge in [0.05, 0.1) is 13.5 Å². The summed E-state index contributed by atoms with van der Waals surface area (Å²) >= 11 is 5.73. The van der Waals surface area contributed by atoms with Gasteiger partial charge in [-0.05, 0) is 12.5 Å². The van der Waals surface area contributed by atoms with Gasteiger partial charge in [-0.3, -0.25) is 4.79 Å². The van der Waals surface area contributed by atoms with Crippen LogP contribution in [0.3, 0.4) is 0 Å². The molecule has 3 nitrogen and oxygen atoms in total. The molecule has 1 aromatic rings. The minimum atomic E-state index is -0.0259. The quantitative estimate of drug-likeness (QED) is 0.793. The van der Waals surface area contributed by atoms with E-state index in [9.17, 15) is 4.79 Å². The number of methoxy groups -OCH3 is 1. The van der Waals surface area contributed by atoms with Gasteiger partial charge in [-0.2, -0.15) is 0 Å². The Morgan fingerprint density at radius 1 is 1.47 bits per heavy atom. The lowest BCUT2D eigenvalue weighted by Gasteiger charge is -2.14. The van der Waals surface area contributed by atoms with Crippen LogP contribution in [0.15, 0.2) is 24.3 Å². The molecule has 0 aromatic heterocycles. The van der Waals surface area contributed by atoms with Gasteiger partial charge < -0.3 is 10.1 Å². The number of ether oxygens (including phenoxy) is 1. The molecule has 0 aliphatic rings. The first-order valence-electron chi connectivity index (χ1n) is 5.68. The minimum absolute atomic E-state index is 0.0259. The van der Waals surface area contributed by atoms with Gasteiger partial charge in [0.2, 0.25) is 5.91 Å².